The largest absolute Gasteiger partial charge is 0.302 e. The van der Waals surface area contributed by atoms with Crippen LogP contribution in [0.25, 0.3) is 0 Å². The van der Waals surface area contributed by atoms with Gasteiger partial charge in [-0.05, 0) is 18.2 Å². The lowest BCUT2D eigenvalue weighted by atomic mass is 9.98. The fourth-order valence-electron chi connectivity index (χ4n) is 1.93. The van der Waals surface area contributed by atoms with Crippen molar-refractivity contribution < 1.29 is 0 Å². The summed E-state index contributed by atoms with van der Waals surface area (Å²) < 4.78 is 0. The second kappa shape index (κ2) is 4.00. The normalized spacial score (nSPS) is 16.6. The Morgan fingerprint density at radius 1 is 1.29 bits per heavy atom. The summed E-state index contributed by atoms with van der Waals surface area (Å²) in [5, 5.41) is 12.2. The van der Waals surface area contributed by atoms with Gasteiger partial charge in [-0.25, -0.2) is 0 Å². The van der Waals surface area contributed by atoms with E-state index in [4.69, 9.17) is 5.26 Å². The summed E-state index contributed by atoms with van der Waals surface area (Å²) in [7, 11) is 1.86. The van der Waals surface area contributed by atoms with Crippen LogP contribution in [0.1, 0.15) is 11.1 Å². The first-order valence-corrected chi connectivity index (χ1v) is 4.47. The van der Waals surface area contributed by atoms with Gasteiger partial charge in [-0.2, -0.15) is 5.26 Å². The molecule has 0 fully saturated rings. The third kappa shape index (κ3) is 1.61. The number of fused-ring (bicyclic) bond motifs is 1. The zero-order chi connectivity index (χ0) is 9.31. The highest BCUT2D eigenvalue weighted by Gasteiger charge is 2.35. The molecule has 74 valence electrons. The summed E-state index contributed by atoms with van der Waals surface area (Å²) in [5.74, 6) is 0. The lowest BCUT2D eigenvalue weighted by Gasteiger charge is -2.18. The third-order valence-electron chi connectivity index (χ3n) is 2.80. The van der Waals surface area contributed by atoms with Crippen LogP contribution in [0, 0.1) is 11.3 Å². The molecule has 1 N–H and O–H groups in total. The molecule has 0 heterocycles. The molecule has 2 nitrogen and oxygen atoms in total. The highest BCUT2D eigenvalue weighted by Crippen LogP contribution is 2.28. The van der Waals surface area contributed by atoms with Crippen molar-refractivity contribution in [1.82, 2.24) is 5.32 Å². The van der Waals surface area contributed by atoms with E-state index in [0.717, 1.165) is 12.8 Å². The van der Waals surface area contributed by atoms with Gasteiger partial charge in [0.1, 0.15) is 5.54 Å². The van der Waals surface area contributed by atoms with Crippen LogP contribution >= 0.6 is 12.4 Å². The van der Waals surface area contributed by atoms with Crippen LogP contribution in [0.4, 0.5) is 0 Å². The summed E-state index contributed by atoms with van der Waals surface area (Å²) in [6, 6.07) is 10.6. The highest BCUT2D eigenvalue weighted by atomic mass is 35.5. The molecule has 0 unspecified atom stereocenters. The summed E-state index contributed by atoms with van der Waals surface area (Å²) >= 11 is 0. The highest BCUT2D eigenvalue weighted by molar-refractivity contribution is 5.85. The van der Waals surface area contributed by atoms with Crippen molar-refractivity contribution in [3.05, 3.63) is 35.4 Å². The molecule has 0 aromatic heterocycles. The van der Waals surface area contributed by atoms with Crippen molar-refractivity contribution in [2.45, 2.75) is 18.4 Å². The standard InChI is InChI=1S/C11H12N2.ClH/c1-13-11(8-12)6-9-4-2-3-5-10(9)7-11;/h2-5,13H,6-7H2,1H3;1H. The SMILES string of the molecule is CNC1(C#N)Cc2ccccc2C1.Cl. The topological polar surface area (TPSA) is 35.8 Å². The summed E-state index contributed by atoms with van der Waals surface area (Å²) in [5.41, 5.74) is 2.25. The number of nitrogens with one attached hydrogen (secondary N) is 1. The van der Waals surface area contributed by atoms with E-state index in [-0.39, 0.29) is 17.9 Å². The van der Waals surface area contributed by atoms with E-state index in [9.17, 15) is 0 Å². The molecule has 0 spiro atoms. The van der Waals surface area contributed by atoms with Gasteiger partial charge in [0.25, 0.3) is 0 Å². The average Bonchev–Trinajstić information content (AvgIpc) is 2.57. The molecule has 2 rings (SSSR count). The molecule has 0 aliphatic heterocycles. The van der Waals surface area contributed by atoms with Crippen LogP contribution in [-0.2, 0) is 12.8 Å². The number of rotatable bonds is 1. The van der Waals surface area contributed by atoms with Crippen molar-refractivity contribution in [2.24, 2.45) is 0 Å². The molecule has 1 aliphatic rings. The first-order valence-electron chi connectivity index (χ1n) is 4.47. The molecule has 1 aromatic rings. The van der Waals surface area contributed by atoms with Gasteiger partial charge in [0, 0.05) is 12.8 Å². The molecule has 0 saturated heterocycles. The third-order valence-corrected chi connectivity index (χ3v) is 2.80. The first kappa shape index (κ1) is 11.0. The van der Waals surface area contributed by atoms with Crippen LogP contribution in [0.5, 0.6) is 0 Å². The van der Waals surface area contributed by atoms with Gasteiger partial charge in [-0.15, -0.1) is 12.4 Å². The Bertz CT molecular complexity index is 343. The van der Waals surface area contributed by atoms with E-state index in [1.165, 1.54) is 11.1 Å². The van der Waals surface area contributed by atoms with Gasteiger partial charge in [0.15, 0.2) is 0 Å². The number of likely N-dealkylation sites (N-methyl/N-ethyl adjacent to an activating group) is 1. The van der Waals surface area contributed by atoms with E-state index in [1.807, 2.05) is 19.2 Å². The minimum absolute atomic E-state index is 0. The van der Waals surface area contributed by atoms with E-state index < -0.39 is 0 Å². The second-order valence-electron chi connectivity index (χ2n) is 3.57. The smallest absolute Gasteiger partial charge is 0.114 e. The van der Waals surface area contributed by atoms with Gasteiger partial charge in [0.2, 0.25) is 0 Å². The van der Waals surface area contributed by atoms with Crippen molar-refractivity contribution in [3.63, 3.8) is 0 Å². The maximum atomic E-state index is 9.08. The Morgan fingerprint density at radius 3 is 2.14 bits per heavy atom. The van der Waals surface area contributed by atoms with Crippen molar-refractivity contribution in [2.75, 3.05) is 7.05 Å². The molecule has 0 radical (unpaired) electrons. The Labute approximate surface area is 90.3 Å². The molecule has 1 aliphatic carbocycles. The Morgan fingerprint density at radius 2 is 1.79 bits per heavy atom. The zero-order valence-corrected chi connectivity index (χ0v) is 8.90. The van der Waals surface area contributed by atoms with Crippen molar-refractivity contribution >= 4 is 12.4 Å². The molecule has 14 heavy (non-hydrogen) atoms. The van der Waals surface area contributed by atoms with E-state index in [0.29, 0.717) is 0 Å². The second-order valence-corrected chi connectivity index (χ2v) is 3.57. The van der Waals surface area contributed by atoms with E-state index >= 15 is 0 Å². The number of halogens is 1. The number of benzene rings is 1. The van der Waals surface area contributed by atoms with E-state index in [2.05, 4.69) is 23.5 Å². The lowest BCUT2D eigenvalue weighted by Crippen LogP contribution is -2.42. The molecule has 0 saturated carbocycles. The molecular formula is C11H13ClN2. The predicted octanol–water partition coefficient (Wildman–Crippen LogP) is 1.69. The quantitative estimate of drug-likeness (QED) is 0.763. The molecular weight excluding hydrogens is 196 g/mol. The zero-order valence-electron chi connectivity index (χ0n) is 8.08. The number of hydrogen-bond donors (Lipinski definition) is 1. The molecule has 3 heteroatoms. The lowest BCUT2D eigenvalue weighted by molar-refractivity contribution is 0.473. The molecule has 1 aromatic carbocycles. The van der Waals surface area contributed by atoms with Gasteiger partial charge < -0.3 is 5.32 Å². The van der Waals surface area contributed by atoms with Crippen LogP contribution < -0.4 is 5.32 Å². The first-order chi connectivity index (χ1) is 6.29. The predicted molar refractivity (Wildman–Crippen MR) is 58.5 cm³/mol. The Hall–Kier alpha value is -1.04. The fourth-order valence-corrected chi connectivity index (χ4v) is 1.93. The van der Waals surface area contributed by atoms with Crippen molar-refractivity contribution in [1.29, 1.82) is 5.26 Å². The van der Waals surface area contributed by atoms with Crippen LogP contribution in [0.2, 0.25) is 0 Å². The van der Waals surface area contributed by atoms with Gasteiger partial charge in [-0.3, -0.25) is 0 Å². The van der Waals surface area contributed by atoms with Gasteiger partial charge in [-0.1, -0.05) is 24.3 Å². The average molecular weight is 209 g/mol. The summed E-state index contributed by atoms with van der Waals surface area (Å²) in [6.07, 6.45) is 1.66. The Balaban J connectivity index is 0.000000980. The molecule has 0 amide bonds. The van der Waals surface area contributed by atoms with E-state index in [1.54, 1.807) is 0 Å². The minimum Gasteiger partial charge on any atom is -0.302 e. The number of nitrogens with zero attached hydrogens (tertiary/aromatic N) is 1. The van der Waals surface area contributed by atoms with Crippen molar-refractivity contribution in [3.8, 4) is 6.07 Å². The number of nitriles is 1. The maximum absolute atomic E-state index is 9.08. The molecule has 0 atom stereocenters. The summed E-state index contributed by atoms with van der Waals surface area (Å²) in [4.78, 5) is 0. The van der Waals surface area contributed by atoms with Gasteiger partial charge >= 0.3 is 0 Å². The van der Waals surface area contributed by atoms with Crippen LogP contribution in [0.3, 0.4) is 0 Å². The van der Waals surface area contributed by atoms with Crippen LogP contribution in [-0.4, -0.2) is 12.6 Å². The fraction of sp³-hybridized carbons (Fsp3) is 0.364. The monoisotopic (exact) mass is 208 g/mol. The minimum atomic E-state index is -0.357. The maximum Gasteiger partial charge on any atom is 0.114 e. The van der Waals surface area contributed by atoms with Crippen LogP contribution in [0.15, 0.2) is 24.3 Å². The number of hydrogen-bond acceptors (Lipinski definition) is 2. The molecule has 0 bridgehead atoms. The van der Waals surface area contributed by atoms with Gasteiger partial charge in [0.05, 0.1) is 6.07 Å². The summed E-state index contributed by atoms with van der Waals surface area (Å²) in [6.45, 7) is 0. The Kier molecular flexibility index (Phi) is 3.15.